The van der Waals surface area contributed by atoms with Crippen molar-refractivity contribution < 1.29 is 41.4 Å². The molecular formula is C40H47F4N5O5. The van der Waals surface area contributed by atoms with Crippen molar-refractivity contribution in [2.45, 2.75) is 83.7 Å². The van der Waals surface area contributed by atoms with Crippen LogP contribution in [0.4, 0.5) is 22.4 Å². The van der Waals surface area contributed by atoms with Gasteiger partial charge in [0.1, 0.15) is 12.2 Å². The van der Waals surface area contributed by atoms with Crippen molar-refractivity contribution >= 4 is 34.0 Å². The van der Waals surface area contributed by atoms with E-state index in [0.717, 1.165) is 12.8 Å². The molecular weight excluding hydrogens is 706 g/mol. The molecule has 54 heavy (non-hydrogen) atoms. The van der Waals surface area contributed by atoms with Gasteiger partial charge in [0, 0.05) is 44.4 Å². The van der Waals surface area contributed by atoms with Crippen LogP contribution >= 0.6 is 0 Å². The number of alkyl halides is 3. The number of aromatic nitrogens is 3. The van der Waals surface area contributed by atoms with Gasteiger partial charge in [-0.3, -0.25) is 4.79 Å². The molecule has 2 amide bonds. The molecule has 0 saturated carbocycles. The lowest BCUT2D eigenvalue weighted by molar-refractivity contribution is -0.123. The van der Waals surface area contributed by atoms with E-state index in [1.807, 2.05) is 0 Å². The quantitative estimate of drug-likeness (QED) is 0.0780. The maximum absolute atomic E-state index is 15.4. The second-order valence-electron chi connectivity index (χ2n) is 14.1. The van der Waals surface area contributed by atoms with E-state index < -0.39 is 36.5 Å². The molecule has 1 atom stereocenters. The van der Waals surface area contributed by atoms with Gasteiger partial charge in [0.15, 0.2) is 6.23 Å². The molecule has 290 valence electrons. The van der Waals surface area contributed by atoms with Crippen molar-refractivity contribution in [1.82, 2.24) is 25.0 Å². The van der Waals surface area contributed by atoms with Crippen molar-refractivity contribution in [2.75, 3.05) is 33.4 Å². The first-order valence-electron chi connectivity index (χ1n) is 18.1. The van der Waals surface area contributed by atoms with Gasteiger partial charge < -0.3 is 24.4 Å². The van der Waals surface area contributed by atoms with Crippen LogP contribution < -0.4 is 10.1 Å². The molecule has 14 heteroatoms. The number of halogens is 4. The Bertz CT molecular complexity index is 1900. The molecule has 4 aromatic rings. The molecule has 1 fully saturated rings. The second-order valence-corrected chi connectivity index (χ2v) is 14.1. The average Bonchev–Trinajstić information content (AvgIpc) is 3.47. The number of amides is 2. The number of fused-ring (bicyclic) bond motifs is 1. The van der Waals surface area contributed by atoms with Gasteiger partial charge in [0.05, 0.1) is 23.9 Å². The Labute approximate surface area is 312 Å². The first kappa shape index (κ1) is 40.2. The van der Waals surface area contributed by atoms with Crippen LogP contribution in [0.5, 0.6) is 5.88 Å². The molecule has 2 aromatic heterocycles. The van der Waals surface area contributed by atoms with Gasteiger partial charge in [-0.05, 0) is 93.3 Å². The van der Waals surface area contributed by atoms with Crippen LogP contribution in [0.25, 0.3) is 22.0 Å². The fraction of sp³-hybridized carbons (Fsp3) is 0.450. The van der Waals surface area contributed by atoms with Crippen LogP contribution in [0.2, 0.25) is 0 Å². The number of nitrogens with zero attached hydrogens (tertiary/aromatic N) is 4. The highest BCUT2D eigenvalue weighted by molar-refractivity contribution is 6.00. The lowest BCUT2D eigenvalue weighted by Crippen LogP contribution is -2.39. The minimum Gasteiger partial charge on any atom is -0.476 e. The largest absolute Gasteiger partial charge is 0.476 e. The van der Waals surface area contributed by atoms with E-state index in [1.165, 1.54) is 21.8 Å². The summed E-state index contributed by atoms with van der Waals surface area (Å²) in [7, 11) is 1.57. The van der Waals surface area contributed by atoms with Crippen LogP contribution in [0.3, 0.4) is 0 Å². The summed E-state index contributed by atoms with van der Waals surface area (Å²) in [5.41, 5.74) is 1.06. The Hall–Kier alpha value is -4.98. The van der Waals surface area contributed by atoms with Gasteiger partial charge in [0.2, 0.25) is 17.7 Å². The molecule has 1 aliphatic heterocycles. The Kier molecular flexibility index (Phi) is 13.3. The summed E-state index contributed by atoms with van der Waals surface area (Å²) < 4.78 is 77.0. The number of carbonyl (C=O) groups excluding carboxylic acids is 2. The standard InChI is InChI=1S/C40H47F4N5O5/c1-39(2,3)54-38(51)48(20-10-8-14-33(50)45-4)21-23-52-34-19-17-29(26-46-34)36(31(25-40(42,43)44)27-12-6-5-7-13-27)28-16-18-32-30(24-28)37(41)47-49(32)35-15-9-11-22-53-35/h5-7,12-13,16-19,24,26,35H,8-11,14-15,20-23,25H2,1-4H3,(H,45,50)/b36-31-. The zero-order chi connectivity index (χ0) is 38.9. The first-order chi connectivity index (χ1) is 25.7. The van der Waals surface area contributed by atoms with E-state index in [0.29, 0.717) is 61.0 Å². The predicted molar refractivity (Wildman–Crippen MR) is 197 cm³/mol. The SMILES string of the molecule is CNC(=O)CCCCN(CCOc1ccc(/C(=C(/CC(F)(F)F)c2ccccc2)c2ccc3c(c2)c(F)nn3C2CCCCO2)cn1)C(=O)OC(C)(C)C. The van der Waals surface area contributed by atoms with Crippen molar-refractivity contribution in [2.24, 2.45) is 0 Å². The van der Waals surface area contributed by atoms with E-state index in [2.05, 4.69) is 15.4 Å². The molecule has 0 aliphatic carbocycles. The summed E-state index contributed by atoms with van der Waals surface area (Å²) >= 11 is 0. The maximum Gasteiger partial charge on any atom is 0.410 e. The number of benzene rings is 2. The molecule has 1 aliphatic rings. The third-order valence-electron chi connectivity index (χ3n) is 8.83. The van der Waals surface area contributed by atoms with Crippen LogP contribution in [-0.2, 0) is 14.3 Å². The lowest BCUT2D eigenvalue weighted by atomic mass is 9.88. The van der Waals surface area contributed by atoms with Crippen molar-refractivity contribution in [3.05, 3.63) is 89.5 Å². The Morgan fingerprint density at radius 2 is 1.74 bits per heavy atom. The van der Waals surface area contributed by atoms with Gasteiger partial charge >= 0.3 is 12.3 Å². The maximum atomic E-state index is 15.4. The minimum absolute atomic E-state index is 0.00856. The highest BCUT2D eigenvalue weighted by Crippen LogP contribution is 2.40. The molecule has 1 saturated heterocycles. The van der Waals surface area contributed by atoms with Crippen molar-refractivity contribution in [3.63, 3.8) is 0 Å². The van der Waals surface area contributed by atoms with Crippen LogP contribution in [0, 0.1) is 5.95 Å². The highest BCUT2D eigenvalue weighted by atomic mass is 19.4. The normalized spacial score (nSPS) is 15.4. The summed E-state index contributed by atoms with van der Waals surface area (Å²) in [5, 5.41) is 6.85. The molecule has 0 spiro atoms. The van der Waals surface area contributed by atoms with E-state index in [-0.39, 0.29) is 41.5 Å². The monoisotopic (exact) mass is 753 g/mol. The number of hydrogen-bond acceptors (Lipinski definition) is 7. The third-order valence-corrected chi connectivity index (χ3v) is 8.83. The Morgan fingerprint density at radius 1 is 0.981 bits per heavy atom. The summed E-state index contributed by atoms with van der Waals surface area (Å²) in [4.78, 5) is 30.5. The second kappa shape index (κ2) is 17.9. The number of rotatable bonds is 14. The number of pyridine rings is 1. The van der Waals surface area contributed by atoms with Gasteiger partial charge in [-0.1, -0.05) is 36.4 Å². The van der Waals surface area contributed by atoms with E-state index in [1.54, 1.807) is 82.4 Å². The zero-order valence-corrected chi connectivity index (χ0v) is 31.0. The first-order valence-corrected chi connectivity index (χ1v) is 18.1. The molecule has 2 aromatic carbocycles. The van der Waals surface area contributed by atoms with E-state index in [4.69, 9.17) is 14.2 Å². The van der Waals surface area contributed by atoms with Gasteiger partial charge in [-0.15, -0.1) is 5.10 Å². The van der Waals surface area contributed by atoms with E-state index >= 15 is 4.39 Å². The fourth-order valence-corrected chi connectivity index (χ4v) is 6.29. The Balaban J connectivity index is 1.44. The highest BCUT2D eigenvalue weighted by Gasteiger charge is 2.32. The average molecular weight is 754 g/mol. The van der Waals surface area contributed by atoms with Gasteiger partial charge in [-0.25, -0.2) is 14.5 Å². The van der Waals surface area contributed by atoms with E-state index in [9.17, 15) is 22.8 Å². The van der Waals surface area contributed by atoms with Crippen molar-refractivity contribution in [3.8, 4) is 5.88 Å². The lowest BCUT2D eigenvalue weighted by Gasteiger charge is -2.27. The number of carbonyl (C=O) groups is 2. The third kappa shape index (κ3) is 11.0. The molecule has 1 unspecified atom stereocenters. The molecule has 3 heterocycles. The number of unbranched alkanes of at least 4 members (excludes halogenated alkanes) is 1. The predicted octanol–water partition coefficient (Wildman–Crippen LogP) is 8.71. The molecule has 0 radical (unpaired) electrons. The molecule has 1 N–H and O–H groups in total. The Morgan fingerprint density at radius 3 is 2.39 bits per heavy atom. The zero-order valence-electron chi connectivity index (χ0n) is 31.0. The fourth-order valence-electron chi connectivity index (χ4n) is 6.29. The summed E-state index contributed by atoms with van der Waals surface area (Å²) in [6, 6.07) is 16.3. The van der Waals surface area contributed by atoms with Crippen LogP contribution in [0.15, 0.2) is 66.9 Å². The number of allylic oxidation sites excluding steroid dienone is 1. The summed E-state index contributed by atoms with van der Waals surface area (Å²) in [6.07, 6.45) is -1.37. The smallest absolute Gasteiger partial charge is 0.410 e. The van der Waals surface area contributed by atoms with Crippen LogP contribution in [0.1, 0.15) is 88.6 Å². The number of hydrogen-bond donors (Lipinski definition) is 1. The summed E-state index contributed by atoms with van der Waals surface area (Å²) in [6.45, 7) is 6.40. The number of nitrogens with one attached hydrogen (secondary N) is 1. The van der Waals surface area contributed by atoms with Crippen molar-refractivity contribution in [1.29, 1.82) is 0 Å². The van der Waals surface area contributed by atoms with Gasteiger partial charge in [-0.2, -0.15) is 17.6 Å². The molecule has 0 bridgehead atoms. The molecule has 10 nitrogen and oxygen atoms in total. The molecule has 5 rings (SSSR count). The number of ether oxygens (including phenoxy) is 3. The summed E-state index contributed by atoms with van der Waals surface area (Å²) in [5.74, 6) is -0.641. The topological polar surface area (TPSA) is 108 Å². The minimum atomic E-state index is -4.56. The van der Waals surface area contributed by atoms with Gasteiger partial charge in [0.25, 0.3) is 0 Å². The van der Waals surface area contributed by atoms with Crippen LogP contribution in [-0.4, -0.2) is 76.8 Å².